The van der Waals surface area contributed by atoms with Gasteiger partial charge in [-0.1, -0.05) is 30.3 Å². The first-order valence-electron chi connectivity index (χ1n) is 7.24. The van der Waals surface area contributed by atoms with E-state index in [9.17, 15) is 14.8 Å². The van der Waals surface area contributed by atoms with Crippen LogP contribution in [0.2, 0.25) is 0 Å². The maximum atomic E-state index is 12.0. The Kier molecular flexibility index (Phi) is 3.88. The van der Waals surface area contributed by atoms with Gasteiger partial charge in [0.05, 0.1) is 17.4 Å². The minimum atomic E-state index is -1.26. The molecule has 0 radical (unpaired) electrons. The molecule has 2 fully saturated rings. The van der Waals surface area contributed by atoms with Crippen LogP contribution >= 0.6 is 0 Å². The van der Waals surface area contributed by atoms with Gasteiger partial charge in [0.1, 0.15) is 6.10 Å². The molecule has 0 amide bonds. The molecule has 4 atom stereocenters. The summed E-state index contributed by atoms with van der Waals surface area (Å²) in [6.45, 7) is 0. The van der Waals surface area contributed by atoms with E-state index in [2.05, 4.69) is 5.29 Å². The first-order valence-corrected chi connectivity index (χ1v) is 7.24. The van der Waals surface area contributed by atoms with E-state index < -0.39 is 12.1 Å². The third-order valence-electron chi connectivity index (χ3n) is 4.37. The number of hydrogen-bond acceptors (Lipinski definition) is 5. The average Bonchev–Trinajstić information content (AvgIpc) is 2.77. The maximum absolute atomic E-state index is 12.0. The van der Waals surface area contributed by atoms with E-state index in [1.807, 2.05) is 6.07 Å². The lowest BCUT2D eigenvalue weighted by atomic mass is 10.0. The van der Waals surface area contributed by atoms with E-state index in [-0.39, 0.29) is 18.2 Å². The highest BCUT2D eigenvalue weighted by atomic mass is 16.6. The van der Waals surface area contributed by atoms with Gasteiger partial charge >= 0.3 is 5.97 Å². The number of aliphatic hydroxyl groups is 1. The van der Waals surface area contributed by atoms with E-state index in [1.165, 1.54) is 0 Å². The number of carbonyl (C=O) groups excluding carboxylic acids is 1. The summed E-state index contributed by atoms with van der Waals surface area (Å²) in [6, 6.07) is 8.85. The molecule has 1 aromatic rings. The van der Waals surface area contributed by atoms with Gasteiger partial charge in [-0.3, -0.25) is 5.01 Å². The lowest BCUT2D eigenvalue weighted by Gasteiger charge is -2.34. The summed E-state index contributed by atoms with van der Waals surface area (Å²) in [6.07, 6.45) is 1.53. The normalized spacial score (nSPS) is 29.0. The smallest absolute Gasteiger partial charge is 0.339 e. The molecule has 2 bridgehead atoms. The van der Waals surface area contributed by atoms with Crippen LogP contribution in [0.1, 0.15) is 37.4 Å². The Hall–Kier alpha value is -1.95. The lowest BCUT2D eigenvalue weighted by molar-refractivity contribution is -0.163. The van der Waals surface area contributed by atoms with Gasteiger partial charge in [0.15, 0.2) is 6.10 Å². The van der Waals surface area contributed by atoms with Crippen LogP contribution in [0.4, 0.5) is 0 Å². The number of fused-ring (bicyclic) bond motifs is 2. The summed E-state index contributed by atoms with van der Waals surface area (Å²) < 4.78 is 5.42. The molecule has 6 nitrogen and oxygen atoms in total. The van der Waals surface area contributed by atoms with Gasteiger partial charge in [0.2, 0.25) is 0 Å². The Morgan fingerprint density at radius 1 is 1.24 bits per heavy atom. The third-order valence-corrected chi connectivity index (χ3v) is 4.37. The number of nitroso groups, excluding NO2 is 1. The van der Waals surface area contributed by atoms with Crippen molar-refractivity contribution in [2.45, 2.75) is 50.0 Å². The fourth-order valence-electron chi connectivity index (χ4n) is 3.33. The zero-order chi connectivity index (χ0) is 14.8. The van der Waals surface area contributed by atoms with E-state index >= 15 is 0 Å². The predicted octanol–water partition coefficient (Wildman–Crippen LogP) is 1.94. The standard InChI is InChI=1S/C15H18N2O4/c18-14(10-4-2-1-3-5-10)15(19)21-13-8-11-6-7-12(9-13)17(11)16-20/h1-5,11-14,18H,6-9H2/t11-,12+,13?,14?. The number of aliphatic hydroxyl groups excluding tert-OH is 1. The molecule has 2 unspecified atom stereocenters. The second-order valence-corrected chi connectivity index (χ2v) is 5.69. The molecule has 2 aliphatic rings. The van der Waals surface area contributed by atoms with Crippen molar-refractivity contribution in [1.82, 2.24) is 5.01 Å². The summed E-state index contributed by atoms with van der Waals surface area (Å²) in [5.74, 6) is -0.627. The van der Waals surface area contributed by atoms with E-state index in [1.54, 1.807) is 29.3 Å². The Morgan fingerprint density at radius 3 is 2.43 bits per heavy atom. The van der Waals surface area contributed by atoms with E-state index in [0.717, 1.165) is 12.8 Å². The van der Waals surface area contributed by atoms with Crippen LogP contribution in [0.5, 0.6) is 0 Å². The molecule has 1 N–H and O–H groups in total. The van der Waals surface area contributed by atoms with Gasteiger partial charge in [-0.15, -0.1) is 4.91 Å². The fraction of sp³-hybridized carbons (Fsp3) is 0.533. The first kappa shape index (κ1) is 14.0. The molecule has 3 rings (SSSR count). The highest BCUT2D eigenvalue weighted by Gasteiger charge is 2.43. The van der Waals surface area contributed by atoms with Crippen LogP contribution in [-0.2, 0) is 9.53 Å². The van der Waals surface area contributed by atoms with E-state index in [0.29, 0.717) is 18.4 Å². The van der Waals surface area contributed by atoms with Crippen LogP contribution in [0.25, 0.3) is 0 Å². The van der Waals surface area contributed by atoms with Crippen molar-refractivity contribution >= 4 is 5.97 Å². The van der Waals surface area contributed by atoms with Crippen molar-refractivity contribution in [3.8, 4) is 0 Å². The predicted molar refractivity (Wildman–Crippen MR) is 75.0 cm³/mol. The minimum absolute atomic E-state index is 0.0629. The molecule has 112 valence electrons. The average molecular weight is 290 g/mol. The molecule has 0 aromatic heterocycles. The zero-order valence-corrected chi connectivity index (χ0v) is 11.6. The molecule has 0 aliphatic carbocycles. The molecule has 2 aliphatic heterocycles. The molecule has 0 spiro atoms. The van der Waals surface area contributed by atoms with Crippen molar-refractivity contribution in [3.63, 3.8) is 0 Å². The van der Waals surface area contributed by atoms with Crippen LogP contribution < -0.4 is 0 Å². The van der Waals surface area contributed by atoms with Crippen molar-refractivity contribution in [3.05, 3.63) is 40.8 Å². The monoisotopic (exact) mass is 290 g/mol. The highest BCUT2D eigenvalue weighted by Crippen LogP contribution is 2.37. The Morgan fingerprint density at radius 2 is 1.86 bits per heavy atom. The van der Waals surface area contributed by atoms with Gasteiger partial charge in [-0.25, -0.2) is 4.79 Å². The van der Waals surface area contributed by atoms with Crippen LogP contribution in [0.3, 0.4) is 0 Å². The summed E-state index contributed by atoms with van der Waals surface area (Å²) in [5, 5.41) is 14.7. The Bertz CT molecular complexity index is 508. The van der Waals surface area contributed by atoms with Gasteiger partial charge in [-0.2, -0.15) is 0 Å². The summed E-state index contributed by atoms with van der Waals surface area (Å²) in [4.78, 5) is 22.8. The second kappa shape index (κ2) is 5.81. The first-order chi connectivity index (χ1) is 10.2. The van der Waals surface area contributed by atoms with Crippen molar-refractivity contribution in [2.24, 2.45) is 5.29 Å². The maximum Gasteiger partial charge on any atom is 0.339 e. The minimum Gasteiger partial charge on any atom is -0.460 e. The van der Waals surface area contributed by atoms with Crippen molar-refractivity contribution in [1.29, 1.82) is 0 Å². The van der Waals surface area contributed by atoms with Crippen molar-refractivity contribution < 1.29 is 14.6 Å². The zero-order valence-electron chi connectivity index (χ0n) is 11.6. The van der Waals surface area contributed by atoms with Crippen LogP contribution in [-0.4, -0.2) is 34.3 Å². The van der Waals surface area contributed by atoms with Crippen LogP contribution in [0.15, 0.2) is 35.6 Å². The highest BCUT2D eigenvalue weighted by molar-refractivity contribution is 5.76. The quantitative estimate of drug-likeness (QED) is 0.677. The van der Waals surface area contributed by atoms with Gasteiger partial charge in [0.25, 0.3) is 0 Å². The molecule has 2 saturated heterocycles. The number of nitrogens with zero attached hydrogens (tertiary/aromatic N) is 2. The number of piperidine rings is 1. The second-order valence-electron chi connectivity index (χ2n) is 5.69. The van der Waals surface area contributed by atoms with Crippen LogP contribution in [0, 0.1) is 4.91 Å². The third kappa shape index (κ3) is 2.76. The number of benzene rings is 1. The SMILES string of the molecule is O=NN1[C@@H]2CC[C@H]1CC(OC(=O)C(O)c1ccccc1)C2. The summed E-state index contributed by atoms with van der Waals surface area (Å²) >= 11 is 0. The summed E-state index contributed by atoms with van der Waals surface area (Å²) in [7, 11) is 0. The fourth-order valence-corrected chi connectivity index (χ4v) is 3.33. The number of carbonyl (C=O) groups is 1. The number of esters is 1. The molecule has 1 aromatic carbocycles. The van der Waals surface area contributed by atoms with Gasteiger partial charge in [-0.05, 0) is 18.4 Å². The van der Waals surface area contributed by atoms with Gasteiger partial charge < -0.3 is 9.84 Å². The Balaban J connectivity index is 1.60. The molecular formula is C15H18N2O4. The van der Waals surface area contributed by atoms with Gasteiger partial charge in [0, 0.05) is 12.8 Å². The molecule has 6 heteroatoms. The van der Waals surface area contributed by atoms with E-state index in [4.69, 9.17) is 4.74 Å². The number of hydrogen-bond donors (Lipinski definition) is 1. The summed E-state index contributed by atoms with van der Waals surface area (Å²) in [5.41, 5.74) is 0.525. The number of rotatable bonds is 4. The Labute approximate surface area is 122 Å². The molecule has 21 heavy (non-hydrogen) atoms. The number of ether oxygens (including phenoxy) is 1. The topological polar surface area (TPSA) is 79.2 Å². The largest absolute Gasteiger partial charge is 0.460 e. The van der Waals surface area contributed by atoms with Crippen molar-refractivity contribution in [2.75, 3.05) is 0 Å². The molecule has 0 saturated carbocycles. The molecule has 2 heterocycles. The lowest BCUT2D eigenvalue weighted by Crippen LogP contribution is -2.43. The molecular weight excluding hydrogens is 272 g/mol.